The summed E-state index contributed by atoms with van der Waals surface area (Å²) in [7, 11) is 0. The molecule has 0 bridgehead atoms. The zero-order valence-electron chi connectivity index (χ0n) is 16.9. The second kappa shape index (κ2) is 8.08. The molecule has 0 saturated carbocycles. The van der Waals surface area contributed by atoms with Crippen LogP contribution < -0.4 is 15.9 Å². The van der Waals surface area contributed by atoms with Crippen molar-refractivity contribution in [1.82, 2.24) is 0 Å². The van der Waals surface area contributed by atoms with Crippen LogP contribution in [0.15, 0.2) is 109 Å². The Morgan fingerprint density at radius 1 is 0.700 bits per heavy atom. The van der Waals surface area contributed by atoms with Gasteiger partial charge in [-0.1, -0.05) is 0 Å². The SMILES string of the molecule is Cc1cc(CP(Cl)(c2ccccc2)(c2ccccc2)c2ccccc2)ccc1C#N. The molecule has 0 fully saturated rings. The minimum atomic E-state index is -3.34. The van der Waals surface area contributed by atoms with Gasteiger partial charge in [-0.3, -0.25) is 0 Å². The van der Waals surface area contributed by atoms with E-state index in [-0.39, 0.29) is 0 Å². The van der Waals surface area contributed by atoms with E-state index in [9.17, 15) is 5.26 Å². The summed E-state index contributed by atoms with van der Waals surface area (Å²) in [4.78, 5) is 0. The molecule has 0 aliphatic rings. The van der Waals surface area contributed by atoms with E-state index in [1.54, 1.807) is 0 Å². The van der Waals surface area contributed by atoms with E-state index in [0.717, 1.165) is 27.0 Å². The van der Waals surface area contributed by atoms with E-state index in [1.807, 2.05) is 37.3 Å². The molecular weight excluding hydrogens is 405 g/mol. The third-order valence-corrected chi connectivity index (χ3v) is 13.0. The molecule has 0 N–H and O–H groups in total. The number of benzene rings is 4. The maximum absolute atomic E-state index is 9.36. The van der Waals surface area contributed by atoms with Crippen molar-refractivity contribution in [2.45, 2.75) is 13.1 Å². The zero-order chi connectivity index (χ0) is 21.1. The fraction of sp³-hybridized carbons (Fsp3) is 0.0741. The fourth-order valence-corrected chi connectivity index (χ4v) is 10.4. The summed E-state index contributed by atoms with van der Waals surface area (Å²) < 4.78 is 0. The van der Waals surface area contributed by atoms with Crippen molar-refractivity contribution in [2.24, 2.45) is 0 Å². The first kappa shape index (κ1) is 20.4. The van der Waals surface area contributed by atoms with Crippen molar-refractivity contribution in [3.63, 3.8) is 0 Å². The molecule has 0 aliphatic carbocycles. The minimum absolute atomic E-state index is 0.678. The number of halogens is 1. The number of nitrogens with zero attached hydrogens (tertiary/aromatic N) is 1. The van der Waals surface area contributed by atoms with E-state index in [2.05, 4.69) is 84.9 Å². The molecule has 1 nitrogen and oxygen atoms in total. The average molecular weight is 428 g/mol. The Morgan fingerprint density at radius 2 is 1.13 bits per heavy atom. The van der Waals surface area contributed by atoms with E-state index in [4.69, 9.17) is 11.2 Å². The fourth-order valence-electron chi connectivity index (χ4n) is 4.23. The monoisotopic (exact) mass is 427 g/mol. The topological polar surface area (TPSA) is 23.8 Å². The number of hydrogen-bond donors (Lipinski definition) is 0. The molecule has 4 aromatic rings. The van der Waals surface area contributed by atoms with Crippen LogP contribution in [-0.2, 0) is 6.16 Å². The molecule has 148 valence electrons. The normalized spacial score (nSPS) is 12.5. The van der Waals surface area contributed by atoms with E-state index in [1.165, 1.54) is 0 Å². The van der Waals surface area contributed by atoms with Crippen molar-refractivity contribution in [3.8, 4) is 6.07 Å². The predicted molar refractivity (Wildman–Crippen MR) is 131 cm³/mol. The molecule has 0 saturated heterocycles. The molecule has 30 heavy (non-hydrogen) atoms. The van der Waals surface area contributed by atoms with Gasteiger partial charge in [-0.2, -0.15) is 0 Å². The first-order chi connectivity index (χ1) is 14.6. The molecule has 0 radical (unpaired) electrons. The van der Waals surface area contributed by atoms with Crippen molar-refractivity contribution in [2.75, 3.05) is 0 Å². The molecule has 0 unspecified atom stereocenters. The van der Waals surface area contributed by atoms with Crippen LogP contribution in [-0.4, -0.2) is 0 Å². The van der Waals surface area contributed by atoms with Gasteiger partial charge in [0.2, 0.25) is 0 Å². The first-order valence-electron chi connectivity index (χ1n) is 9.95. The van der Waals surface area contributed by atoms with Gasteiger partial charge in [0.1, 0.15) is 0 Å². The van der Waals surface area contributed by atoms with Crippen LogP contribution in [0.4, 0.5) is 0 Å². The van der Waals surface area contributed by atoms with Gasteiger partial charge in [0.15, 0.2) is 0 Å². The van der Waals surface area contributed by atoms with Crippen molar-refractivity contribution >= 4 is 33.1 Å². The second-order valence-electron chi connectivity index (χ2n) is 7.61. The summed E-state index contributed by atoms with van der Waals surface area (Å²) in [6.07, 6.45) is 0.678. The van der Waals surface area contributed by atoms with Crippen LogP contribution in [0.2, 0.25) is 0 Å². The molecule has 0 atom stereocenters. The van der Waals surface area contributed by atoms with Crippen LogP contribution in [0.1, 0.15) is 16.7 Å². The van der Waals surface area contributed by atoms with Gasteiger partial charge < -0.3 is 0 Å². The third-order valence-electron chi connectivity index (χ3n) is 5.77. The molecule has 4 aromatic carbocycles. The molecule has 0 aromatic heterocycles. The zero-order valence-corrected chi connectivity index (χ0v) is 18.5. The van der Waals surface area contributed by atoms with Crippen LogP contribution in [0.3, 0.4) is 0 Å². The van der Waals surface area contributed by atoms with Crippen LogP contribution in [0.25, 0.3) is 0 Å². The van der Waals surface area contributed by atoms with Crippen molar-refractivity contribution < 1.29 is 0 Å². The van der Waals surface area contributed by atoms with E-state index in [0.29, 0.717) is 11.7 Å². The Labute approximate surface area is 183 Å². The molecule has 3 heteroatoms. The van der Waals surface area contributed by atoms with Gasteiger partial charge in [0.05, 0.1) is 0 Å². The van der Waals surface area contributed by atoms with Gasteiger partial charge in [0, 0.05) is 0 Å². The summed E-state index contributed by atoms with van der Waals surface area (Å²) in [6.45, 7) is 1.98. The summed E-state index contributed by atoms with van der Waals surface area (Å²) in [6, 6.07) is 39.7. The second-order valence-corrected chi connectivity index (χ2v) is 14.1. The molecule has 4 rings (SSSR count). The number of hydrogen-bond acceptors (Lipinski definition) is 1. The van der Waals surface area contributed by atoms with Gasteiger partial charge in [0.25, 0.3) is 0 Å². The summed E-state index contributed by atoms with van der Waals surface area (Å²) in [5.74, 6) is -3.34. The predicted octanol–water partition coefficient (Wildman–Crippen LogP) is 6.05. The van der Waals surface area contributed by atoms with Crippen LogP contribution in [0, 0.1) is 18.3 Å². The van der Waals surface area contributed by atoms with E-state index >= 15 is 0 Å². The number of aryl methyl sites for hydroxylation is 1. The molecule has 0 amide bonds. The Hall–Kier alpha value is -2.91. The molecule has 0 aliphatic heterocycles. The summed E-state index contributed by atoms with van der Waals surface area (Å²) in [5, 5.41) is 12.8. The van der Waals surface area contributed by atoms with Gasteiger partial charge in [-0.15, -0.1) is 0 Å². The maximum atomic E-state index is 9.36. The van der Waals surface area contributed by atoms with Gasteiger partial charge in [-0.05, 0) is 0 Å². The third kappa shape index (κ3) is 3.33. The Bertz CT molecular complexity index is 1100. The van der Waals surface area contributed by atoms with Crippen molar-refractivity contribution in [1.29, 1.82) is 5.26 Å². The van der Waals surface area contributed by atoms with Crippen molar-refractivity contribution in [3.05, 3.63) is 126 Å². The first-order valence-corrected chi connectivity index (χ1v) is 13.3. The number of nitriles is 1. The Balaban J connectivity index is 2.06. The average Bonchev–Trinajstić information content (AvgIpc) is 2.81. The standard InChI is InChI=1S/C27H23ClNP/c1-22-19-23(17-18-24(22)20-29)21-30(28,25-11-5-2-6-12-25,26-13-7-3-8-14-26)27-15-9-4-10-16-27/h2-19H,21H2,1H3. The Kier molecular flexibility index (Phi) is 5.48. The van der Waals surface area contributed by atoms with Crippen LogP contribution in [0.5, 0.6) is 0 Å². The Morgan fingerprint density at radius 3 is 1.50 bits per heavy atom. The van der Waals surface area contributed by atoms with Gasteiger partial charge in [-0.25, -0.2) is 0 Å². The molecule has 0 spiro atoms. The summed E-state index contributed by atoms with van der Waals surface area (Å²) in [5.41, 5.74) is 2.81. The van der Waals surface area contributed by atoms with Gasteiger partial charge >= 0.3 is 183 Å². The molecular formula is C27H23ClNP. The summed E-state index contributed by atoms with van der Waals surface area (Å²) >= 11 is 8.10. The number of rotatable bonds is 5. The molecule has 0 heterocycles. The quantitative estimate of drug-likeness (QED) is 0.356. The van der Waals surface area contributed by atoms with E-state index < -0.39 is 5.96 Å². The van der Waals surface area contributed by atoms with Crippen LogP contribution >= 0.6 is 17.2 Å².